The molecule has 0 aliphatic heterocycles. The van der Waals surface area contributed by atoms with Crippen molar-refractivity contribution in [2.24, 2.45) is 5.73 Å². The van der Waals surface area contributed by atoms with Crippen LogP contribution in [0.25, 0.3) is 0 Å². The van der Waals surface area contributed by atoms with Crippen molar-refractivity contribution >= 4 is 0 Å². The van der Waals surface area contributed by atoms with Crippen LogP contribution in [-0.4, -0.2) is 24.5 Å². The molecule has 0 saturated carbocycles. The highest BCUT2D eigenvalue weighted by atomic mass is 19.4. The zero-order chi connectivity index (χ0) is 16.0. The number of hydrogen-bond acceptors (Lipinski definition) is 2. The highest BCUT2D eigenvalue weighted by Gasteiger charge is 2.35. The molecule has 1 rings (SSSR count). The molecule has 0 aliphatic rings. The smallest absolute Gasteiger partial charge is 0.329 e. The van der Waals surface area contributed by atoms with E-state index >= 15 is 0 Å². The normalized spacial score (nSPS) is 13.7. The lowest BCUT2D eigenvalue weighted by Crippen LogP contribution is -2.34. The van der Waals surface area contributed by atoms with Crippen LogP contribution in [0.1, 0.15) is 43.9 Å². The molecule has 2 nitrogen and oxygen atoms in total. The quantitative estimate of drug-likeness (QED) is 0.772. The van der Waals surface area contributed by atoms with Crippen LogP contribution in [0.15, 0.2) is 18.2 Å². The molecule has 0 radical (unpaired) electrons. The number of hydrogen-bond donors (Lipinski definition) is 1. The van der Waals surface area contributed by atoms with Gasteiger partial charge >= 0.3 is 6.18 Å². The van der Waals surface area contributed by atoms with E-state index in [1.807, 2.05) is 18.7 Å². The van der Waals surface area contributed by atoms with Gasteiger partial charge in [-0.1, -0.05) is 26.3 Å². The molecule has 1 aromatic carbocycles. The summed E-state index contributed by atoms with van der Waals surface area (Å²) >= 11 is 0. The Morgan fingerprint density at radius 2 is 1.90 bits per heavy atom. The van der Waals surface area contributed by atoms with Crippen molar-refractivity contribution in [1.29, 1.82) is 0 Å². The van der Waals surface area contributed by atoms with Gasteiger partial charge < -0.3 is 5.73 Å². The summed E-state index contributed by atoms with van der Waals surface area (Å²) in [5, 5.41) is 0. The molecule has 1 aromatic rings. The summed E-state index contributed by atoms with van der Waals surface area (Å²) in [6.07, 6.45) is -2.76. The van der Waals surface area contributed by atoms with Crippen molar-refractivity contribution < 1.29 is 17.6 Å². The van der Waals surface area contributed by atoms with Gasteiger partial charge in [0, 0.05) is 12.6 Å². The van der Waals surface area contributed by atoms with E-state index in [1.165, 1.54) is 6.07 Å². The van der Waals surface area contributed by atoms with Crippen molar-refractivity contribution in [3.05, 3.63) is 35.1 Å². The van der Waals surface area contributed by atoms with E-state index < -0.39 is 17.6 Å². The largest absolute Gasteiger partial charge is 0.419 e. The van der Waals surface area contributed by atoms with Gasteiger partial charge in [0.1, 0.15) is 5.82 Å². The van der Waals surface area contributed by atoms with Gasteiger partial charge in [0.25, 0.3) is 0 Å². The fourth-order valence-electron chi connectivity index (χ4n) is 2.36. The Kier molecular flexibility index (Phi) is 6.61. The zero-order valence-corrected chi connectivity index (χ0v) is 12.4. The third kappa shape index (κ3) is 4.68. The second-order valence-corrected chi connectivity index (χ2v) is 4.97. The van der Waals surface area contributed by atoms with Gasteiger partial charge in [0.2, 0.25) is 0 Å². The molecule has 120 valence electrons. The van der Waals surface area contributed by atoms with Crippen LogP contribution in [0.3, 0.4) is 0 Å². The fraction of sp³-hybridized carbons (Fsp3) is 0.600. The van der Waals surface area contributed by atoms with E-state index in [-0.39, 0.29) is 12.6 Å². The SMILES string of the molecule is CCCCN(CC)C(CN)c1ccc(F)c(C(F)(F)F)c1. The molecule has 1 unspecified atom stereocenters. The van der Waals surface area contributed by atoms with Crippen molar-refractivity contribution in [1.82, 2.24) is 4.90 Å². The topological polar surface area (TPSA) is 29.3 Å². The number of benzene rings is 1. The van der Waals surface area contributed by atoms with Crippen molar-refractivity contribution in [3.8, 4) is 0 Å². The van der Waals surface area contributed by atoms with Crippen molar-refractivity contribution in [2.75, 3.05) is 19.6 Å². The van der Waals surface area contributed by atoms with E-state index in [1.54, 1.807) is 0 Å². The predicted molar refractivity (Wildman–Crippen MR) is 75.4 cm³/mol. The van der Waals surface area contributed by atoms with Crippen LogP contribution in [0.5, 0.6) is 0 Å². The van der Waals surface area contributed by atoms with Gasteiger partial charge in [-0.2, -0.15) is 13.2 Å². The Hall–Kier alpha value is -1.14. The summed E-state index contributed by atoms with van der Waals surface area (Å²) < 4.78 is 51.7. The fourth-order valence-corrected chi connectivity index (χ4v) is 2.36. The summed E-state index contributed by atoms with van der Waals surface area (Å²) in [5.74, 6) is -1.25. The van der Waals surface area contributed by atoms with Gasteiger partial charge in [-0.05, 0) is 37.2 Å². The first-order chi connectivity index (χ1) is 9.85. The number of alkyl halides is 3. The molecule has 0 heterocycles. The molecule has 0 saturated heterocycles. The molecule has 0 bridgehead atoms. The Morgan fingerprint density at radius 1 is 1.24 bits per heavy atom. The van der Waals surface area contributed by atoms with E-state index in [9.17, 15) is 17.6 Å². The van der Waals surface area contributed by atoms with E-state index in [0.717, 1.165) is 31.5 Å². The second-order valence-electron chi connectivity index (χ2n) is 4.97. The summed E-state index contributed by atoms with van der Waals surface area (Å²) in [4.78, 5) is 2.02. The maximum absolute atomic E-state index is 13.4. The minimum absolute atomic E-state index is 0.195. The van der Waals surface area contributed by atoms with Gasteiger partial charge in [-0.25, -0.2) is 4.39 Å². The van der Waals surface area contributed by atoms with Crippen LogP contribution >= 0.6 is 0 Å². The summed E-state index contributed by atoms with van der Waals surface area (Å²) in [6, 6.07) is 2.80. The first-order valence-electron chi connectivity index (χ1n) is 7.15. The Morgan fingerprint density at radius 3 is 2.38 bits per heavy atom. The Balaban J connectivity index is 3.10. The number of nitrogens with zero attached hydrogens (tertiary/aromatic N) is 1. The van der Waals surface area contributed by atoms with Crippen LogP contribution < -0.4 is 5.73 Å². The van der Waals surface area contributed by atoms with Crippen LogP contribution in [-0.2, 0) is 6.18 Å². The lowest BCUT2D eigenvalue weighted by atomic mass is 10.0. The highest BCUT2D eigenvalue weighted by Crippen LogP contribution is 2.33. The molecule has 0 spiro atoms. The molecule has 0 amide bonds. The highest BCUT2D eigenvalue weighted by molar-refractivity contribution is 5.29. The van der Waals surface area contributed by atoms with E-state index in [0.29, 0.717) is 12.1 Å². The average molecular weight is 306 g/mol. The van der Waals surface area contributed by atoms with E-state index in [4.69, 9.17) is 5.73 Å². The predicted octanol–water partition coefficient (Wildman–Crippen LogP) is 3.97. The Labute approximate surface area is 122 Å². The van der Waals surface area contributed by atoms with Gasteiger partial charge in [-0.15, -0.1) is 0 Å². The molecule has 0 fully saturated rings. The minimum atomic E-state index is -4.69. The second kappa shape index (κ2) is 7.75. The lowest BCUT2D eigenvalue weighted by molar-refractivity contribution is -0.140. The van der Waals surface area contributed by atoms with Gasteiger partial charge in [0.15, 0.2) is 0 Å². The van der Waals surface area contributed by atoms with Gasteiger partial charge in [-0.3, -0.25) is 4.90 Å². The summed E-state index contributed by atoms with van der Waals surface area (Å²) in [5.41, 5.74) is 4.91. The third-order valence-corrected chi connectivity index (χ3v) is 3.55. The number of likely N-dealkylation sites (N-methyl/N-ethyl adjacent to an activating group) is 1. The summed E-state index contributed by atoms with van der Waals surface area (Å²) in [7, 11) is 0. The van der Waals surface area contributed by atoms with E-state index in [2.05, 4.69) is 0 Å². The average Bonchev–Trinajstić information content (AvgIpc) is 2.43. The first kappa shape index (κ1) is 17.9. The zero-order valence-electron chi connectivity index (χ0n) is 12.4. The number of nitrogens with two attached hydrogens (primary N) is 1. The third-order valence-electron chi connectivity index (χ3n) is 3.55. The molecule has 2 N–H and O–H groups in total. The molecule has 21 heavy (non-hydrogen) atoms. The molecular weight excluding hydrogens is 284 g/mol. The number of unbranched alkanes of at least 4 members (excludes halogenated alkanes) is 1. The van der Waals surface area contributed by atoms with Crippen molar-refractivity contribution in [2.45, 2.75) is 38.9 Å². The van der Waals surface area contributed by atoms with Crippen molar-refractivity contribution in [3.63, 3.8) is 0 Å². The maximum atomic E-state index is 13.4. The minimum Gasteiger partial charge on any atom is -0.329 e. The number of rotatable bonds is 7. The number of halogens is 4. The monoisotopic (exact) mass is 306 g/mol. The maximum Gasteiger partial charge on any atom is 0.419 e. The lowest BCUT2D eigenvalue weighted by Gasteiger charge is -2.30. The molecule has 0 aliphatic carbocycles. The molecular formula is C15H22F4N2. The molecule has 0 aromatic heterocycles. The summed E-state index contributed by atoms with van der Waals surface area (Å²) in [6.45, 7) is 5.62. The van der Waals surface area contributed by atoms with Crippen LogP contribution in [0, 0.1) is 5.82 Å². The standard InChI is InChI=1S/C15H22F4N2/c1-3-5-8-21(4-2)14(10-20)11-6-7-13(16)12(9-11)15(17,18)19/h6-7,9,14H,3-5,8,10,20H2,1-2H3. The van der Waals surface area contributed by atoms with Gasteiger partial charge in [0.05, 0.1) is 5.56 Å². The van der Waals surface area contributed by atoms with Crippen LogP contribution in [0.4, 0.5) is 17.6 Å². The molecule has 6 heteroatoms. The molecule has 1 atom stereocenters. The van der Waals surface area contributed by atoms with Crippen LogP contribution in [0.2, 0.25) is 0 Å². The Bertz CT molecular complexity index is 446. The first-order valence-corrected chi connectivity index (χ1v) is 7.15.